The number of hydrogen-bond donors (Lipinski definition) is 2. The molecule has 0 saturated carbocycles. The van der Waals surface area contributed by atoms with Gasteiger partial charge in [0.1, 0.15) is 6.04 Å². The predicted octanol–water partition coefficient (Wildman–Crippen LogP) is 1.19. The standard InChI is InChI=1S/C9H11BrN2O/c1-12-8(9(11)13)6-3-2-4-7(10)5-6/h2-5,8,12H,1H3,(H2,11,13). The minimum absolute atomic E-state index is 0.374. The smallest absolute Gasteiger partial charge is 0.239 e. The van der Waals surface area contributed by atoms with Crippen LogP contribution in [0.25, 0.3) is 0 Å². The number of carbonyl (C=O) groups is 1. The summed E-state index contributed by atoms with van der Waals surface area (Å²) in [5, 5.41) is 2.85. The van der Waals surface area contributed by atoms with Crippen LogP contribution in [0.3, 0.4) is 0 Å². The average Bonchev–Trinajstić information content (AvgIpc) is 2.04. The summed E-state index contributed by atoms with van der Waals surface area (Å²) in [6, 6.07) is 7.07. The molecule has 3 N–H and O–H groups in total. The van der Waals surface area contributed by atoms with Gasteiger partial charge >= 0.3 is 0 Å². The van der Waals surface area contributed by atoms with Gasteiger partial charge in [-0.3, -0.25) is 4.79 Å². The van der Waals surface area contributed by atoms with Gasteiger partial charge < -0.3 is 11.1 Å². The van der Waals surface area contributed by atoms with Crippen LogP contribution in [0.15, 0.2) is 28.7 Å². The highest BCUT2D eigenvalue weighted by molar-refractivity contribution is 9.10. The number of nitrogens with two attached hydrogens (primary N) is 1. The van der Waals surface area contributed by atoms with Crippen molar-refractivity contribution in [1.29, 1.82) is 0 Å². The van der Waals surface area contributed by atoms with Gasteiger partial charge in [-0.15, -0.1) is 0 Å². The van der Waals surface area contributed by atoms with Crippen LogP contribution in [-0.2, 0) is 4.79 Å². The van der Waals surface area contributed by atoms with Gasteiger partial charge in [0.05, 0.1) is 0 Å². The SMILES string of the molecule is CNC(C(N)=O)c1cccc(Br)c1. The molecule has 0 aliphatic carbocycles. The van der Waals surface area contributed by atoms with E-state index in [-0.39, 0.29) is 5.91 Å². The highest BCUT2D eigenvalue weighted by atomic mass is 79.9. The van der Waals surface area contributed by atoms with Gasteiger partial charge in [0.15, 0.2) is 0 Å². The first kappa shape index (κ1) is 10.2. The molecule has 70 valence electrons. The Morgan fingerprint density at radius 1 is 1.62 bits per heavy atom. The van der Waals surface area contributed by atoms with Crippen molar-refractivity contribution in [3.8, 4) is 0 Å². The van der Waals surface area contributed by atoms with Crippen LogP contribution in [0.5, 0.6) is 0 Å². The molecule has 0 heterocycles. The summed E-state index contributed by atoms with van der Waals surface area (Å²) in [7, 11) is 1.70. The first-order chi connectivity index (χ1) is 6.15. The van der Waals surface area contributed by atoms with Crippen LogP contribution >= 0.6 is 15.9 Å². The second kappa shape index (κ2) is 4.39. The van der Waals surface area contributed by atoms with Gasteiger partial charge in [0.25, 0.3) is 0 Å². The Hall–Kier alpha value is -0.870. The molecule has 1 unspecified atom stereocenters. The fourth-order valence-electron chi connectivity index (χ4n) is 1.16. The Balaban J connectivity index is 2.98. The van der Waals surface area contributed by atoms with Gasteiger partial charge in [0.2, 0.25) is 5.91 Å². The monoisotopic (exact) mass is 242 g/mol. The highest BCUT2D eigenvalue weighted by Crippen LogP contribution is 2.17. The Labute approximate surface area is 85.4 Å². The van der Waals surface area contributed by atoms with E-state index in [1.807, 2.05) is 24.3 Å². The third kappa shape index (κ3) is 2.54. The molecule has 3 nitrogen and oxygen atoms in total. The van der Waals surface area contributed by atoms with Gasteiger partial charge in [-0.05, 0) is 24.7 Å². The summed E-state index contributed by atoms with van der Waals surface area (Å²) in [6.45, 7) is 0. The lowest BCUT2D eigenvalue weighted by Crippen LogP contribution is -2.31. The lowest BCUT2D eigenvalue weighted by molar-refractivity contribution is -0.120. The van der Waals surface area contributed by atoms with Gasteiger partial charge in [-0.25, -0.2) is 0 Å². The summed E-state index contributed by atoms with van der Waals surface area (Å²) in [4.78, 5) is 11.0. The third-order valence-corrected chi connectivity index (χ3v) is 2.25. The first-order valence-electron chi connectivity index (χ1n) is 3.87. The Morgan fingerprint density at radius 2 is 2.31 bits per heavy atom. The van der Waals surface area contributed by atoms with Crippen molar-refractivity contribution in [2.75, 3.05) is 7.05 Å². The van der Waals surface area contributed by atoms with E-state index in [0.717, 1.165) is 10.0 Å². The van der Waals surface area contributed by atoms with Gasteiger partial charge in [-0.1, -0.05) is 28.1 Å². The maximum atomic E-state index is 11.0. The fourth-order valence-corrected chi connectivity index (χ4v) is 1.58. The molecule has 0 fully saturated rings. The molecule has 0 aliphatic rings. The molecule has 0 saturated heterocycles. The zero-order valence-corrected chi connectivity index (χ0v) is 8.84. The van der Waals surface area contributed by atoms with E-state index in [0.29, 0.717) is 0 Å². The van der Waals surface area contributed by atoms with E-state index < -0.39 is 6.04 Å². The topological polar surface area (TPSA) is 55.1 Å². The second-order valence-electron chi connectivity index (χ2n) is 2.68. The molecular formula is C9H11BrN2O. The number of benzene rings is 1. The first-order valence-corrected chi connectivity index (χ1v) is 4.66. The molecule has 13 heavy (non-hydrogen) atoms. The molecule has 0 aromatic heterocycles. The number of rotatable bonds is 3. The Kier molecular flexibility index (Phi) is 3.45. The number of carbonyl (C=O) groups excluding carboxylic acids is 1. The summed E-state index contributed by atoms with van der Waals surface area (Å²) in [6.07, 6.45) is 0. The molecule has 1 atom stereocenters. The number of nitrogens with one attached hydrogen (secondary N) is 1. The normalized spacial score (nSPS) is 12.5. The number of likely N-dealkylation sites (N-methyl/N-ethyl adjacent to an activating group) is 1. The molecule has 1 aromatic rings. The molecular weight excluding hydrogens is 232 g/mol. The van der Waals surface area contributed by atoms with Crippen LogP contribution in [0.1, 0.15) is 11.6 Å². The largest absolute Gasteiger partial charge is 0.368 e. The van der Waals surface area contributed by atoms with Gasteiger partial charge in [0, 0.05) is 4.47 Å². The van der Waals surface area contributed by atoms with Crippen molar-refractivity contribution in [3.63, 3.8) is 0 Å². The maximum Gasteiger partial charge on any atom is 0.239 e. The molecule has 1 amide bonds. The summed E-state index contributed by atoms with van der Waals surface area (Å²) in [5.41, 5.74) is 6.08. The number of hydrogen-bond acceptors (Lipinski definition) is 2. The molecule has 4 heteroatoms. The van der Waals surface area contributed by atoms with Crippen LogP contribution in [-0.4, -0.2) is 13.0 Å². The molecule has 1 aromatic carbocycles. The van der Waals surface area contributed by atoms with Crippen LogP contribution in [0, 0.1) is 0 Å². The van der Waals surface area contributed by atoms with Crippen molar-refractivity contribution < 1.29 is 4.79 Å². The average molecular weight is 243 g/mol. The highest BCUT2D eigenvalue weighted by Gasteiger charge is 2.14. The van der Waals surface area contributed by atoms with Gasteiger partial charge in [-0.2, -0.15) is 0 Å². The zero-order chi connectivity index (χ0) is 9.84. The number of halogens is 1. The van der Waals surface area contributed by atoms with Crippen molar-refractivity contribution in [2.24, 2.45) is 5.73 Å². The van der Waals surface area contributed by atoms with Crippen LogP contribution < -0.4 is 11.1 Å². The third-order valence-electron chi connectivity index (χ3n) is 1.76. The lowest BCUT2D eigenvalue weighted by Gasteiger charge is -2.12. The van der Waals surface area contributed by atoms with Crippen LogP contribution in [0.4, 0.5) is 0 Å². The van der Waals surface area contributed by atoms with E-state index in [9.17, 15) is 4.79 Å². The van der Waals surface area contributed by atoms with E-state index in [1.165, 1.54) is 0 Å². The maximum absolute atomic E-state index is 11.0. The van der Waals surface area contributed by atoms with Crippen LogP contribution in [0.2, 0.25) is 0 Å². The molecule has 0 spiro atoms. The van der Waals surface area contributed by atoms with Crippen molar-refractivity contribution in [3.05, 3.63) is 34.3 Å². The van der Waals surface area contributed by atoms with Crippen molar-refractivity contribution in [1.82, 2.24) is 5.32 Å². The second-order valence-corrected chi connectivity index (χ2v) is 3.59. The number of amides is 1. The quantitative estimate of drug-likeness (QED) is 0.837. The Bertz CT molecular complexity index is 314. The molecule has 0 aliphatic heterocycles. The predicted molar refractivity (Wildman–Crippen MR) is 55.1 cm³/mol. The molecule has 0 bridgehead atoms. The minimum Gasteiger partial charge on any atom is -0.368 e. The molecule has 1 rings (SSSR count). The summed E-state index contributed by atoms with van der Waals surface area (Å²) < 4.78 is 0.937. The van der Waals surface area contributed by atoms with E-state index in [2.05, 4.69) is 21.2 Å². The van der Waals surface area contributed by atoms with Crippen molar-refractivity contribution >= 4 is 21.8 Å². The summed E-state index contributed by atoms with van der Waals surface area (Å²) in [5.74, 6) is -0.374. The Morgan fingerprint density at radius 3 is 2.77 bits per heavy atom. The summed E-state index contributed by atoms with van der Waals surface area (Å²) >= 11 is 3.33. The zero-order valence-electron chi connectivity index (χ0n) is 7.25. The minimum atomic E-state index is -0.419. The lowest BCUT2D eigenvalue weighted by atomic mass is 10.1. The number of primary amides is 1. The molecule has 0 radical (unpaired) electrons. The van der Waals surface area contributed by atoms with E-state index in [4.69, 9.17) is 5.73 Å². The van der Waals surface area contributed by atoms with E-state index in [1.54, 1.807) is 7.05 Å². The van der Waals surface area contributed by atoms with E-state index >= 15 is 0 Å². The fraction of sp³-hybridized carbons (Fsp3) is 0.222. The van der Waals surface area contributed by atoms with Crippen molar-refractivity contribution in [2.45, 2.75) is 6.04 Å².